The number of alkyl halides is 3. The normalized spacial score (nSPS) is 22.9. The van der Waals surface area contributed by atoms with Gasteiger partial charge in [0.15, 0.2) is 11.6 Å². The van der Waals surface area contributed by atoms with E-state index in [0.717, 1.165) is 6.07 Å². The summed E-state index contributed by atoms with van der Waals surface area (Å²) in [5.41, 5.74) is 5.12. The molecule has 0 bridgehead atoms. The largest absolute Gasteiger partial charge is 0.420 e. The molecule has 1 aliphatic carbocycles. The molecule has 0 unspecified atom stereocenters. The summed E-state index contributed by atoms with van der Waals surface area (Å²) >= 11 is 0. The number of hydrogen-bond acceptors (Lipinski definition) is 5. The molecule has 10 heteroatoms. The molecule has 3 rings (SSSR count). The van der Waals surface area contributed by atoms with E-state index in [1.165, 1.54) is 16.9 Å². The number of halogens is 4. The zero-order valence-corrected chi connectivity index (χ0v) is 16.5. The monoisotopic (exact) mass is 419 g/mol. The Balaban J connectivity index is 0.00000280. The van der Waals surface area contributed by atoms with E-state index < -0.39 is 23.9 Å². The van der Waals surface area contributed by atoms with Gasteiger partial charge in [0.25, 0.3) is 0 Å². The van der Waals surface area contributed by atoms with Gasteiger partial charge in [-0.2, -0.15) is 17.9 Å². The lowest BCUT2D eigenvalue weighted by Crippen LogP contribution is -2.40. The minimum absolute atomic E-state index is 0. The number of aliphatic hydroxyl groups is 1. The fourth-order valence-electron chi connectivity index (χ4n) is 3.45. The summed E-state index contributed by atoms with van der Waals surface area (Å²) in [5.74, 6) is 0.715. The van der Waals surface area contributed by atoms with Crippen molar-refractivity contribution in [1.29, 1.82) is 0 Å². The molecule has 28 heavy (non-hydrogen) atoms. The van der Waals surface area contributed by atoms with Gasteiger partial charge in [-0.1, -0.05) is 13.8 Å². The third-order valence-electron chi connectivity index (χ3n) is 4.79. The van der Waals surface area contributed by atoms with Crippen LogP contribution in [0.2, 0.25) is 0 Å². The van der Waals surface area contributed by atoms with Crippen molar-refractivity contribution in [3.8, 4) is 5.82 Å². The summed E-state index contributed by atoms with van der Waals surface area (Å²) in [5, 5.41) is 14.2. The van der Waals surface area contributed by atoms with Crippen molar-refractivity contribution < 1.29 is 18.3 Å². The Morgan fingerprint density at radius 2 is 2.04 bits per heavy atom. The number of aromatic nitrogens is 4. The van der Waals surface area contributed by atoms with Crippen molar-refractivity contribution >= 4 is 12.4 Å². The molecular weight excluding hydrogens is 395 g/mol. The number of pyridine rings is 1. The van der Waals surface area contributed by atoms with E-state index in [4.69, 9.17) is 5.73 Å². The number of nitrogens with two attached hydrogens (primary N) is 1. The fourth-order valence-corrected chi connectivity index (χ4v) is 3.45. The lowest BCUT2D eigenvalue weighted by atomic mass is 9.83. The molecule has 2 aromatic heterocycles. The van der Waals surface area contributed by atoms with Crippen molar-refractivity contribution in [3.05, 3.63) is 35.5 Å². The maximum Gasteiger partial charge on any atom is 0.420 e. The van der Waals surface area contributed by atoms with Crippen LogP contribution in [-0.2, 0) is 12.6 Å². The van der Waals surface area contributed by atoms with Crippen LogP contribution >= 0.6 is 12.4 Å². The van der Waals surface area contributed by atoms with Crippen molar-refractivity contribution in [1.82, 2.24) is 19.7 Å². The van der Waals surface area contributed by atoms with Gasteiger partial charge >= 0.3 is 6.18 Å². The van der Waals surface area contributed by atoms with E-state index in [0.29, 0.717) is 37.3 Å². The van der Waals surface area contributed by atoms with Crippen LogP contribution in [0.1, 0.15) is 56.2 Å². The highest BCUT2D eigenvalue weighted by atomic mass is 35.5. The van der Waals surface area contributed by atoms with Gasteiger partial charge in [0.1, 0.15) is 11.4 Å². The Hall–Kier alpha value is -1.71. The Morgan fingerprint density at radius 3 is 2.64 bits per heavy atom. The van der Waals surface area contributed by atoms with E-state index in [9.17, 15) is 18.3 Å². The molecule has 6 nitrogen and oxygen atoms in total. The molecule has 3 atom stereocenters. The lowest BCUT2D eigenvalue weighted by molar-refractivity contribution is -0.137. The van der Waals surface area contributed by atoms with Gasteiger partial charge in [-0.15, -0.1) is 17.5 Å². The van der Waals surface area contributed by atoms with E-state index in [-0.39, 0.29) is 30.1 Å². The second-order valence-corrected chi connectivity index (χ2v) is 7.51. The maximum atomic E-state index is 13.5. The van der Waals surface area contributed by atoms with E-state index in [1.807, 2.05) is 13.8 Å². The molecule has 0 amide bonds. The first-order valence-corrected chi connectivity index (χ1v) is 9.09. The Bertz CT molecular complexity index is 796. The molecule has 0 aromatic carbocycles. The predicted octanol–water partition coefficient (Wildman–Crippen LogP) is 3.26. The topological polar surface area (TPSA) is 89.8 Å². The summed E-state index contributed by atoms with van der Waals surface area (Å²) in [7, 11) is 0. The highest BCUT2D eigenvalue weighted by Gasteiger charge is 2.37. The van der Waals surface area contributed by atoms with Crippen molar-refractivity contribution in [2.75, 3.05) is 0 Å². The molecular formula is C18H25ClF3N5O. The Labute approximate surface area is 167 Å². The molecule has 0 saturated heterocycles. The van der Waals surface area contributed by atoms with Gasteiger partial charge < -0.3 is 10.8 Å². The zero-order chi connectivity index (χ0) is 19.8. The average Bonchev–Trinajstić information content (AvgIpc) is 2.99. The number of nitrogens with zero attached hydrogens (tertiary/aromatic N) is 4. The molecule has 156 valence electrons. The van der Waals surface area contributed by atoms with Crippen LogP contribution in [0.3, 0.4) is 0 Å². The number of hydrogen-bond donors (Lipinski definition) is 2. The number of rotatable bonds is 4. The second kappa shape index (κ2) is 8.75. The van der Waals surface area contributed by atoms with Crippen LogP contribution in [0.5, 0.6) is 0 Å². The minimum Gasteiger partial charge on any atom is -0.392 e. The van der Waals surface area contributed by atoms with Crippen LogP contribution in [0.4, 0.5) is 13.2 Å². The molecule has 3 N–H and O–H groups in total. The molecule has 0 spiro atoms. The minimum atomic E-state index is -4.55. The van der Waals surface area contributed by atoms with Gasteiger partial charge in [0, 0.05) is 24.6 Å². The molecule has 0 radical (unpaired) electrons. The van der Waals surface area contributed by atoms with Crippen LogP contribution in [-0.4, -0.2) is 37.0 Å². The van der Waals surface area contributed by atoms with Crippen LogP contribution in [0.15, 0.2) is 18.3 Å². The molecule has 1 aliphatic rings. The number of aliphatic hydroxyl groups excluding tert-OH is 1. The van der Waals surface area contributed by atoms with Gasteiger partial charge in [-0.3, -0.25) is 0 Å². The molecule has 2 heterocycles. The molecule has 2 aromatic rings. The zero-order valence-electron chi connectivity index (χ0n) is 15.7. The fraction of sp³-hybridized carbons (Fsp3) is 0.611. The lowest BCUT2D eigenvalue weighted by Gasteiger charge is -2.30. The van der Waals surface area contributed by atoms with Crippen molar-refractivity contribution in [3.63, 3.8) is 0 Å². The summed E-state index contributed by atoms with van der Waals surface area (Å²) in [6.45, 7) is 3.99. The van der Waals surface area contributed by atoms with Gasteiger partial charge in [-0.25, -0.2) is 9.97 Å². The molecule has 1 fully saturated rings. The quantitative estimate of drug-likeness (QED) is 0.793. The van der Waals surface area contributed by atoms with Crippen molar-refractivity contribution in [2.24, 2.45) is 11.7 Å². The summed E-state index contributed by atoms with van der Waals surface area (Å²) in [4.78, 5) is 8.50. The summed E-state index contributed by atoms with van der Waals surface area (Å²) in [6, 6.07) is 1.81. The standard InChI is InChI=1S/C18H24F3N5O.ClH/c1-10(2)8-15-24-16(11-5-6-14(27)13(22)9-11)26(25-15)17-12(18(19,20)21)4-3-7-23-17;/h3-4,7,10-11,13-14,27H,5-6,8-9,22H2,1-2H3;1H/t11-,13+,14+;/m0./s1. The van der Waals surface area contributed by atoms with Crippen LogP contribution in [0, 0.1) is 5.92 Å². The molecule has 0 aliphatic heterocycles. The third-order valence-corrected chi connectivity index (χ3v) is 4.79. The third kappa shape index (κ3) is 4.82. The summed E-state index contributed by atoms with van der Waals surface area (Å²) < 4.78 is 41.7. The highest BCUT2D eigenvalue weighted by Crippen LogP contribution is 2.36. The van der Waals surface area contributed by atoms with E-state index in [1.54, 1.807) is 0 Å². The highest BCUT2D eigenvalue weighted by molar-refractivity contribution is 5.85. The Morgan fingerprint density at radius 1 is 1.32 bits per heavy atom. The first-order chi connectivity index (χ1) is 12.7. The smallest absolute Gasteiger partial charge is 0.392 e. The van der Waals surface area contributed by atoms with Gasteiger partial charge in [0.2, 0.25) is 0 Å². The first kappa shape index (κ1) is 22.6. The van der Waals surface area contributed by atoms with Crippen molar-refractivity contribution in [2.45, 2.75) is 63.8 Å². The van der Waals surface area contributed by atoms with Crippen LogP contribution < -0.4 is 5.73 Å². The second-order valence-electron chi connectivity index (χ2n) is 7.51. The Kier molecular flexibility index (Phi) is 7.06. The average molecular weight is 420 g/mol. The van der Waals surface area contributed by atoms with Gasteiger partial charge in [0.05, 0.1) is 6.10 Å². The predicted molar refractivity (Wildman–Crippen MR) is 101 cm³/mol. The van der Waals surface area contributed by atoms with Crippen LogP contribution in [0.25, 0.3) is 5.82 Å². The van der Waals surface area contributed by atoms with Gasteiger partial charge in [-0.05, 0) is 37.3 Å². The SMILES string of the molecule is CC(C)Cc1nc([C@H]2CC[C@@H](O)[C@H](N)C2)n(-c2ncccc2C(F)(F)F)n1.Cl. The van der Waals surface area contributed by atoms with E-state index >= 15 is 0 Å². The maximum absolute atomic E-state index is 13.5. The van der Waals surface area contributed by atoms with E-state index in [2.05, 4.69) is 15.1 Å². The summed E-state index contributed by atoms with van der Waals surface area (Å²) in [6.07, 6.45) is -1.79. The molecule has 1 saturated carbocycles. The first-order valence-electron chi connectivity index (χ1n) is 9.09.